The van der Waals surface area contributed by atoms with E-state index in [0.717, 1.165) is 11.3 Å². The van der Waals surface area contributed by atoms with E-state index in [1.165, 1.54) is 0 Å². The Bertz CT molecular complexity index is 1260. The number of benzene rings is 2. The van der Waals surface area contributed by atoms with Gasteiger partial charge in [-0.1, -0.05) is 23.4 Å². The van der Waals surface area contributed by atoms with Gasteiger partial charge in [-0.3, -0.25) is 0 Å². The minimum atomic E-state index is -4.98. The first-order chi connectivity index (χ1) is 14.1. The Morgan fingerprint density at radius 2 is 1.57 bits per heavy atom. The highest BCUT2D eigenvalue weighted by molar-refractivity contribution is 7.23. The van der Waals surface area contributed by atoms with Gasteiger partial charge in [-0.25, -0.2) is 5.10 Å². The molecule has 0 saturated carbocycles. The van der Waals surface area contributed by atoms with Crippen LogP contribution in [0.4, 0.5) is 26.3 Å². The molecular weight excluding hydrogens is 430 g/mol. The number of H-pyrrole nitrogens is 1. The molecule has 0 amide bonds. The minimum absolute atomic E-state index is 0.0502. The molecule has 30 heavy (non-hydrogen) atoms. The van der Waals surface area contributed by atoms with E-state index in [1.807, 2.05) is 6.07 Å². The zero-order valence-corrected chi connectivity index (χ0v) is 15.4. The van der Waals surface area contributed by atoms with Gasteiger partial charge in [0, 0.05) is 15.6 Å². The lowest BCUT2D eigenvalue weighted by atomic mass is 9.96. The third-order valence-electron chi connectivity index (χ3n) is 4.35. The fourth-order valence-electron chi connectivity index (χ4n) is 3.06. The molecule has 0 atom stereocenters. The molecule has 4 nitrogen and oxygen atoms in total. The van der Waals surface area contributed by atoms with Crippen molar-refractivity contribution in [3.05, 3.63) is 59.3 Å². The Labute approximate surface area is 168 Å². The van der Waals surface area contributed by atoms with E-state index < -0.39 is 23.5 Å². The van der Waals surface area contributed by atoms with Gasteiger partial charge in [0.15, 0.2) is 5.69 Å². The van der Waals surface area contributed by atoms with E-state index in [1.54, 1.807) is 24.3 Å². The molecule has 4 rings (SSSR count). The molecule has 2 heterocycles. The number of thiophene rings is 1. The third kappa shape index (κ3) is 3.39. The number of fused-ring (bicyclic) bond motifs is 1. The van der Waals surface area contributed by atoms with Crippen LogP contribution in [0, 0.1) is 11.3 Å². The summed E-state index contributed by atoms with van der Waals surface area (Å²) in [6.07, 6.45) is -9.96. The van der Waals surface area contributed by atoms with E-state index in [2.05, 4.69) is 15.4 Å². The van der Waals surface area contributed by atoms with Gasteiger partial charge >= 0.3 is 12.4 Å². The summed E-state index contributed by atoms with van der Waals surface area (Å²) in [5, 5.41) is 19.4. The number of halogens is 6. The molecule has 0 fully saturated rings. The number of aromatic nitrogens is 3. The van der Waals surface area contributed by atoms with Crippen LogP contribution in [-0.2, 0) is 12.4 Å². The number of aromatic amines is 1. The molecule has 11 heteroatoms. The SMILES string of the molecule is N#Cc1[nH]nnc1-c1sc2ccccc2c1-c1cc(C(F)(F)F)cc(C(F)(F)F)c1. The van der Waals surface area contributed by atoms with Crippen LogP contribution in [0.1, 0.15) is 16.8 Å². The largest absolute Gasteiger partial charge is 0.416 e. The van der Waals surface area contributed by atoms with E-state index in [0.29, 0.717) is 22.2 Å². The number of rotatable bonds is 2. The molecule has 2 aromatic carbocycles. The van der Waals surface area contributed by atoms with Gasteiger partial charge in [-0.2, -0.15) is 31.6 Å². The summed E-state index contributed by atoms with van der Waals surface area (Å²) in [6.45, 7) is 0. The van der Waals surface area contributed by atoms with Crippen molar-refractivity contribution in [2.24, 2.45) is 0 Å². The molecule has 0 aliphatic rings. The predicted molar refractivity (Wildman–Crippen MR) is 97.4 cm³/mol. The van der Waals surface area contributed by atoms with Gasteiger partial charge < -0.3 is 0 Å². The highest BCUT2D eigenvalue weighted by Crippen LogP contribution is 2.47. The van der Waals surface area contributed by atoms with Crippen molar-refractivity contribution < 1.29 is 26.3 Å². The van der Waals surface area contributed by atoms with Gasteiger partial charge in [0.1, 0.15) is 11.8 Å². The van der Waals surface area contributed by atoms with Crippen LogP contribution in [0.5, 0.6) is 0 Å². The summed E-state index contributed by atoms with van der Waals surface area (Å²) < 4.78 is 80.7. The highest BCUT2D eigenvalue weighted by Gasteiger charge is 2.37. The lowest BCUT2D eigenvalue weighted by Gasteiger charge is -2.15. The highest BCUT2D eigenvalue weighted by atomic mass is 32.1. The monoisotopic (exact) mass is 438 g/mol. The lowest BCUT2D eigenvalue weighted by molar-refractivity contribution is -0.143. The average Bonchev–Trinajstić information content (AvgIpc) is 3.30. The van der Waals surface area contributed by atoms with Crippen LogP contribution >= 0.6 is 11.3 Å². The molecule has 0 aliphatic carbocycles. The van der Waals surface area contributed by atoms with Gasteiger partial charge in [-0.15, -0.1) is 16.4 Å². The first kappa shape index (κ1) is 19.9. The number of nitrogens with one attached hydrogen (secondary N) is 1. The molecular formula is C19H8F6N4S. The summed E-state index contributed by atoms with van der Waals surface area (Å²) in [7, 11) is 0. The van der Waals surface area contributed by atoms with E-state index in [-0.39, 0.29) is 33.5 Å². The Hall–Kier alpha value is -3.39. The Morgan fingerprint density at radius 1 is 0.933 bits per heavy atom. The first-order valence-electron chi connectivity index (χ1n) is 8.22. The molecule has 0 bridgehead atoms. The molecule has 0 unspecified atom stereocenters. The van der Waals surface area contributed by atoms with Crippen molar-refractivity contribution in [2.45, 2.75) is 12.4 Å². The van der Waals surface area contributed by atoms with Crippen molar-refractivity contribution in [3.63, 3.8) is 0 Å². The molecule has 152 valence electrons. The van der Waals surface area contributed by atoms with Gasteiger partial charge in [0.2, 0.25) is 0 Å². The zero-order valence-electron chi connectivity index (χ0n) is 14.6. The van der Waals surface area contributed by atoms with E-state index in [4.69, 9.17) is 0 Å². The quantitative estimate of drug-likeness (QED) is 0.376. The molecule has 4 aromatic rings. The van der Waals surface area contributed by atoms with Gasteiger partial charge in [0.25, 0.3) is 0 Å². The van der Waals surface area contributed by atoms with Crippen molar-refractivity contribution in [3.8, 4) is 27.8 Å². The maximum absolute atomic E-state index is 13.3. The second-order valence-corrected chi connectivity index (χ2v) is 7.30. The second-order valence-electron chi connectivity index (χ2n) is 6.24. The molecule has 0 saturated heterocycles. The fraction of sp³-hybridized carbons (Fsp3) is 0.105. The number of hydrogen-bond acceptors (Lipinski definition) is 4. The number of hydrogen-bond donors (Lipinski definition) is 1. The van der Waals surface area contributed by atoms with Crippen molar-refractivity contribution in [1.82, 2.24) is 15.4 Å². The van der Waals surface area contributed by atoms with Crippen molar-refractivity contribution >= 4 is 21.4 Å². The summed E-state index contributed by atoms with van der Waals surface area (Å²) in [5.41, 5.74) is -3.00. The Balaban J connectivity index is 2.09. The third-order valence-corrected chi connectivity index (χ3v) is 5.52. The Morgan fingerprint density at radius 3 is 2.17 bits per heavy atom. The molecule has 2 aromatic heterocycles. The van der Waals surface area contributed by atoms with E-state index in [9.17, 15) is 31.6 Å². The van der Waals surface area contributed by atoms with Crippen LogP contribution in [0.25, 0.3) is 31.8 Å². The van der Waals surface area contributed by atoms with E-state index >= 15 is 0 Å². The average molecular weight is 438 g/mol. The standard InChI is InChI=1S/C19H8F6N4S/c20-18(21,22)10-5-9(6-11(7-10)19(23,24)25)15-12-3-1-2-4-14(12)30-17(15)16-13(8-26)27-29-28-16/h1-7H,(H,27,28,29). The van der Waals surface area contributed by atoms with Crippen LogP contribution in [-0.4, -0.2) is 15.4 Å². The second kappa shape index (κ2) is 6.84. The summed E-state index contributed by atoms with van der Waals surface area (Å²) in [5.74, 6) is 0. The maximum Gasteiger partial charge on any atom is 0.416 e. The summed E-state index contributed by atoms with van der Waals surface area (Å²) >= 11 is 1.10. The van der Waals surface area contributed by atoms with Gasteiger partial charge in [0.05, 0.1) is 16.0 Å². The van der Waals surface area contributed by atoms with Crippen LogP contribution in [0.3, 0.4) is 0 Å². The fourth-order valence-corrected chi connectivity index (χ4v) is 4.28. The first-order valence-corrected chi connectivity index (χ1v) is 9.04. The minimum Gasteiger partial charge on any atom is -0.247 e. The maximum atomic E-state index is 13.3. The van der Waals surface area contributed by atoms with Gasteiger partial charge in [-0.05, 0) is 29.8 Å². The topological polar surface area (TPSA) is 65.4 Å². The van der Waals surface area contributed by atoms with Crippen LogP contribution in [0.15, 0.2) is 42.5 Å². The van der Waals surface area contributed by atoms with Crippen LogP contribution in [0.2, 0.25) is 0 Å². The number of alkyl halides is 6. The summed E-state index contributed by atoms with van der Waals surface area (Å²) in [4.78, 5) is 0.244. The lowest BCUT2D eigenvalue weighted by Crippen LogP contribution is -2.11. The molecule has 1 N–H and O–H groups in total. The molecule has 0 spiro atoms. The molecule has 0 radical (unpaired) electrons. The number of nitriles is 1. The Kier molecular flexibility index (Phi) is 4.54. The zero-order chi connectivity index (χ0) is 21.7. The number of nitrogens with zero attached hydrogens (tertiary/aromatic N) is 3. The summed E-state index contributed by atoms with van der Waals surface area (Å²) in [6, 6.07) is 9.82. The van der Waals surface area contributed by atoms with Crippen molar-refractivity contribution in [2.75, 3.05) is 0 Å². The predicted octanol–water partition coefficient (Wildman–Crippen LogP) is 6.26. The van der Waals surface area contributed by atoms with Crippen molar-refractivity contribution in [1.29, 1.82) is 5.26 Å². The normalized spacial score (nSPS) is 12.3. The van der Waals surface area contributed by atoms with Crippen LogP contribution < -0.4 is 0 Å². The molecule has 0 aliphatic heterocycles. The smallest absolute Gasteiger partial charge is 0.247 e.